The first-order chi connectivity index (χ1) is 7.29. The second kappa shape index (κ2) is 5.10. The van der Waals surface area contributed by atoms with Crippen LogP contribution in [-0.4, -0.2) is 24.5 Å². The maximum Gasteiger partial charge on any atom is 0.0330 e. The van der Waals surface area contributed by atoms with Crippen molar-refractivity contribution in [3.8, 4) is 0 Å². The van der Waals surface area contributed by atoms with E-state index in [-0.39, 0.29) is 0 Å². The van der Waals surface area contributed by atoms with E-state index < -0.39 is 0 Å². The predicted octanol–water partition coefficient (Wildman–Crippen LogP) is 2.23. The number of aryl methyl sites for hydroxylation is 1. The Labute approximate surface area is 96.1 Å². The average molecular weight is 224 g/mol. The van der Waals surface area contributed by atoms with Crippen LogP contribution in [0.3, 0.4) is 0 Å². The van der Waals surface area contributed by atoms with E-state index >= 15 is 0 Å². The topological polar surface area (TPSA) is 29.3 Å². The molecule has 3 heteroatoms. The van der Waals surface area contributed by atoms with Gasteiger partial charge in [-0.1, -0.05) is 0 Å². The summed E-state index contributed by atoms with van der Waals surface area (Å²) in [6.45, 7) is 6.61. The third kappa shape index (κ3) is 2.80. The van der Waals surface area contributed by atoms with Gasteiger partial charge in [-0.15, -0.1) is 11.3 Å². The summed E-state index contributed by atoms with van der Waals surface area (Å²) < 4.78 is 0. The van der Waals surface area contributed by atoms with E-state index in [0.717, 1.165) is 19.0 Å². The van der Waals surface area contributed by atoms with Crippen LogP contribution in [0.4, 0.5) is 0 Å². The second-order valence-electron chi connectivity index (χ2n) is 4.51. The molecule has 1 unspecified atom stereocenters. The summed E-state index contributed by atoms with van der Waals surface area (Å²) in [6.07, 6.45) is 2.63. The van der Waals surface area contributed by atoms with Crippen molar-refractivity contribution in [3.05, 3.63) is 21.9 Å². The van der Waals surface area contributed by atoms with Gasteiger partial charge in [-0.25, -0.2) is 0 Å². The first-order valence-electron chi connectivity index (χ1n) is 5.75. The van der Waals surface area contributed by atoms with Crippen LogP contribution in [0.1, 0.15) is 23.3 Å². The molecule has 0 saturated carbocycles. The standard InChI is InChI=1S/C12H20N2S/c1-10-4-6-15-12(10)9-14-5-2-3-11(7-13)8-14/h4,6,11H,2-3,5,7-9,13H2,1H3. The quantitative estimate of drug-likeness (QED) is 0.853. The third-order valence-corrected chi connectivity index (χ3v) is 4.28. The number of piperidine rings is 1. The predicted molar refractivity (Wildman–Crippen MR) is 66.1 cm³/mol. The SMILES string of the molecule is Cc1ccsc1CN1CCCC(CN)C1. The van der Waals surface area contributed by atoms with Crippen molar-refractivity contribution in [3.63, 3.8) is 0 Å². The lowest BCUT2D eigenvalue weighted by molar-refractivity contribution is 0.172. The molecule has 2 N–H and O–H groups in total. The molecule has 1 aliphatic heterocycles. The van der Waals surface area contributed by atoms with Gasteiger partial charge in [-0.2, -0.15) is 0 Å². The van der Waals surface area contributed by atoms with E-state index in [1.54, 1.807) is 0 Å². The number of nitrogens with two attached hydrogens (primary N) is 1. The van der Waals surface area contributed by atoms with Crippen molar-refractivity contribution in [2.24, 2.45) is 11.7 Å². The fourth-order valence-corrected chi connectivity index (χ4v) is 3.20. The molecule has 0 radical (unpaired) electrons. The molecule has 1 aromatic heterocycles. The summed E-state index contributed by atoms with van der Waals surface area (Å²) in [7, 11) is 0. The molecule has 84 valence electrons. The van der Waals surface area contributed by atoms with Gasteiger partial charge in [0.15, 0.2) is 0 Å². The molecule has 0 amide bonds. The minimum atomic E-state index is 0.721. The number of thiophene rings is 1. The van der Waals surface area contributed by atoms with Gasteiger partial charge in [0.1, 0.15) is 0 Å². The van der Waals surface area contributed by atoms with Gasteiger partial charge < -0.3 is 5.73 Å². The minimum absolute atomic E-state index is 0.721. The summed E-state index contributed by atoms with van der Waals surface area (Å²) in [5.74, 6) is 0.721. The summed E-state index contributed by atoms with van der Waals surface area (Å²) >= 11 is 1.88. The molecule has 1 saturated heterocycles. The van der Waals surface area contributed by atoms with Crippen molar-refractivity contribution < 1.29 is 0 Å². The van der Waals surface area contributed by atoms with Gasteiger partial charge in [0, 0.05) is 18.0 Å². The lowest BCUT2D eigenvalue weighted by Gasteiger charge is -2.31. The lowest BCUT2D eigenvalue weighted by Crippen LogP contribution is -2.37. The normalized spacial score (nSPS) is 23.2. The zero-order valence-corrected chi connectivity index (χ0v) is 10.2. The molecule has 2 rings (SSSR count). The number of rotatable bonds is 3. The van der Waals surface area contributed by atoms with Gasteiger partial charge in [0.2, 0.25) is 0 Å². The van der Waals surface area contributed by atoms with Crippen LogP contribution in [-0.2, 0) is 6.54 Å². The monoisotopic (exact) mass is 224 g/mol. The highest BCUT2D eigenvalue weighted by Gasteiger charge is 2.19. The summed E-state index contributed by atoms with van der Waals surface area (Å²) in [5, 5.41) is 2.19. The van der Waals surface area contributed by atoms with E-state index in [4.69, 9.17) is 5.73 Å². The average Bonchev–Trinajstić information content (AvgIpc) is 2.65. The van der Waals surface area contributed by atoms with Gasteiger partial charge in [-0.3, -0.25) is 4.90 Å². The van der Waals surface area contributed by atoms with Crippen LogP contribution in [0.5, 0.6) is 0 Å². The van der Waals surface area contributed by atoms with Crippen LogP contribution in [0.2, 0.25) is 0 Å². The van der Waals surface area contributed by atoms with Crippen molar-refractivity contribution in [2.75, 3.05) is 19.6 Å². The maximum absolute atomic E-state index is 5.74. The van der Waals surface area contributed by atoms with Crippen LogP contribution in [0.25, 0.3) is 0 Å². The van der Waals surface area contributed by atoms with Crippen LogP contribution in [0.15, 0.2) is 11.4 Å². The number of nitrogens with zero attached hydrogens (tertiary/aromatic N) is 1. The first-order valence-corrected chi connectivity index (χ1v) is 6.63. The van der Waals surface area contributed by atoms with E-state index in [1.807, 2.05) is 11.3 Å². The summed E-state index contributed by atoms with van der Waals surface area (Å²) in [5.41, 5.74) is 7.18. The molecular weight excluding hydrogens is 204 g/mol. The first kappa shape index (κ1) is 11.1. The maximum atomic E-state index is 5.74. The molecule has 1 aliphatic rings. The van der Waals surface area contributed by atoms with Gasteiger partial charge in [0.05, 0.1) is 0 Å². The van der Waals surface area contributed by atoms with Crippen molar-refractivity contribution in [1.29, 1.82) is 0 Å². The molecule has 15 heavy (non-hydrogen) atoms. The second-order valence-corrected chi connectivity index (χ2v) is 5.51. The van der Waals surface area contributed by atoms with E-state index in [9.17, 15) is 0 Å². The molecule has 1 fully saturated rings. The van der Waals surface area contributed by atoms with Crippen LogP contribution < -0.4 is 5.73 Å². The Kier molecular flexibility index (Phi) is 3.78. The minimum Gasteiger partial charge on any atom is -0.330 e. The highest BCUT2D eigenvalue weighted by molar-refractivity contribution is 7.10. The molecule has 2 nitrogen and oxygen atoms in total. The highest BCUT2D eigenvalue weighted by Crippen LogP contribution is 2.22. The molecular formula is C12H20N2S. The highest BCUT2D eigenvalue weighted by atomic mass is 32.1. The van der Waals surface area contributed by atoms with Crippen molar-refractivity contribution in [1.82, 2.24) is 4.90 Å². The molecule has 0 aromatic carbocycles. The zero-order chi connectivity index (χ0) is 10.7. The Morgan fingerprint density at radius 3 is 3.13 bits per heavy atom. The Hall–Kier alpha value is -0.380. The van der Waals surface area contributed by atoms with Crippen LogP contribution >= 0.6 is 11.3 Å². The van der Waals surface area contributed by atoms with Crippen LogP contribution in [0, 0.1) is 12.8 Å². The van der Waals surface area contributed by atoms with Gasteiger partial charge in [0.25, 0.3) is 0 Å². The number of likely N-dealkylation sites (tertiary alicyclic amines) is 1. The smallest absolute Gasteiger partial charge is 0.0330 e. The Morgan fingerprint density at radius 2 is 2.47 bits per heavy atom. The van der Waals surface area contributed by atoms with Crippen molar-refractivity contribution in [2.45, 2.75) is 26.3 Å². The van der Waals surface area contributed by atoms with E-state index in [2.05, 4.69) is 23.3 Å². The molecule has 1 atom stereocenters. The molecule has 0 bridgehead atoms. The Balaban J connectivity index is 1.92. The zero-order valence-electron chi connectivity index (χ0n) is 9.41. The molecule has 0 spiro atoms. The van der Waals surface area contributed by atoms with Gasteiger partial charge in [-0.05, 0) is 55.8 Å². The van der Waals surface area contributed by atoms with E-state index in [0.29, 0.717) is 0 Å². The molecule has 0 aliphatic carbocycles. The number of hydrogen-bond acceptors (Lipinski definition) is 3. The fraction of sp³-hybridized carbons (Fsp3) is 0.667. The summed E-state index contributed by atoms with van der Waals surface area (Å²) in [4.78, 5) is 4.08. The molecule has 1 aromatic rings. The summed E-state index contributed by atoms with van der Waals surface area (Å²) in [6, 6.07) is 2.21. The Morgan fingerprint density at radius 1 is 1.60 bits per heavy atom. The number of hydrogen-bond donors (Lipinski definition) is 1. The largest absolute Gasteiger partial charge is 0.330 e. The third-order valence-electron chi connectivity index (χ3n) is 3.27. The molecule has 2 heterocycles. The Bertz CT molecular complexity index is 308. The fourth-order valence-electron chi connectivity index (χ4n) is 2.26. The van der Waals surface area contributed by atoms with E-state index in [1.165, 1.54) is 36.4 Å². The van der Waals surface area contributed by atoms with Gasteiger partial charge >= 0.3 is 0 Å². The van der Waals surface area contributed by atoms with Crippen molar-refractivity contribution >= 4 is 11.3 Å². The lowest BCUT2D eigenvalue weighted by atomic mass is 9.98.